The van der Waals surface area contributed by atoms with Gasteiger partial charge in [-0.15, -0.1) is 0 Å². The first-order valence-corrected chi connectivity index (χ1v) is 6.69. The molecule has 1 rings (SSSR count). The van der Waals surface area contributed by atoms with Crippen LogP contribution < -0.4 is 5.32 Å². The Bertz CT molecular complexity index is 377. The van der Waals surface area contributed by atoms with Crippen LogP contribution in [-0.2, 0) is 6.54 Å². The Morgan fingerprint density at radius 3 is 2.88 bits per heavy atom. The molecular formula is C12H19BrN2O2. The van der Waals surface area contributed by atoms with Crippen molar-refractivity contribution >= 4 is 21.8 Å². The van der Waals surface area contributed by atoms with Gasteiger partial charge in [-0.2, -0.15) is 0 Å². The molecule has 0 saturated carbocycles. The van der Waals surface area contributed by atoms with Crippen molar-refractivity contribution in [3.63, 3.8) is 0 Å². The van der Waals surface area contributed by atoms with E-state index in [1.54, 1.807) is 6.07 Å². The van der Waals surface area contributed by atoms with Gasteiger partial charge in [-0.1, -0.05) is 6.92 Å². The van der Waals surface area contributed by atoms with Gasteiger partial charge in [0.05, 0.1) is 6.10 Å². The SMILES string of the molecule is CCC(O)CCNC(=O)c1cc(Br)cn1CC. The highest BCUT2D eigenvalue weighted by atomic mass is 79.9. The maximum absolute atomic E-state index is 11.9. The zero-order valence-corrected chi connectivity index (χ0v) is 11.8. The minimum atomic E-state index is -0.333. The highest BCUT2D eigenvalue weighted by Crippen LogP contribution is 2.14. The molecule has 0 radical (unpaired) electrons. The van der Waals surface area contributed by atoms with E-state index in [4.69, 9.17) is 0 Å². The van der Waals surface area contributed by atoms with E-state index in [0.29, 0.717) is 25.1 Å². The zero-order valence-electron chi connectivity index (χ0n) is 10.2. The van der Waals surface area contributed by atoms with Crippen molar-refractivity contribution in [1.82, 2.24) is 9.88 Å². The number of rotatable bonds is 6. The summed E-state index contributed by atoms with van der Waals surface area (Å²) in [6.07, 6.45) is 2.86. The van der Waals surface area contributed by atoms with Crippen molar-refractivity contribution in [2.45, 2.75) is 39.3 Å². The molecule has 0 spiro atoms. The van der Waals surface area contributed by atoms with Crippen molar-refractivity contribution in [3.8, 4) is 0 Å². The zero-order chi connectivity index (χ0) is 12.8. The summed E-state index contributed by atoms with van der Waals surface area (Å²) in [7, 11) is 0. The normalized spacial score (nSPS) is 12.5. The molecule has 0 bridgehead atoms. The Morgan fingerprint density at radius 2 is 2.29 bits per heavy atom. The van der Waals surface area contributed by atoms with E-state index in [-0.39, 0.29) is 12.0 Å². The molecule has 96 valence electrons. The number of carbonyl (C=O) groups is 1. The summed E-state index contributed by atoms with van der Waals surface area (Å²) in [4.78, 5) is 11.9. The smallest absolute Gasteiger partial charge is 0.267 e. The third-order valence-corrected chi connectivity index (χ3v) is 3.10. The molecule has 0 aliphatic heterocycles. The standard InChI is InChI=1S/C12H19BrN2O2/c1-3-10(16)5-6-14-12(17)11-7-9(13)8-15(11)4-2/h7-8,10,16H,3-6H2,1-2H3,(H,14,17). The summed E-state index contributed by atoms with van der Waals surface area (Å²) in [5.74, 6) is -0.0964. The van der Waals surface area contributed by atoms with Crippen molar-refractivity contribution in [2.75, 3.05) is 6.54 Å². The molecule has 0 aliphatic carbocycles. The predicted octanol–water partition coefficient (Wildman–Crippen LogP) is 2.16. The molecule has 1 heterocycles. The number of aliphatic hydroxyl groups excluding tert-OH is 1. The van der Waals surface area contributed by atoms with Crippen molar-refractivity contribution in [1.29, 1.82) is 0 Å². The number of amides is 1. The average Bonchev–Trinajstić information content (AvgIpc) is 2.70. The second kappa shape index (κ2) is 6.81. The lowest BCUT2D eigenvalue weighted by Gasteiger charge is -2.10. The second-order valence-corrected chi connectivity index (χ2v) is 4.85. The molecule has 1 atom stereocenters. The first kappa shape index (κ1) is 14.3. The van der Waals surface area contributed by atoms with E-state index < -0.39 is 0 Å². The van der Waals surface area contributed by atoms with Crippen LogP contribution in [0.25, 0.3) is 0 Å². The van der Waals surface area contributed by atoms with E-state index in [9.17, 15) is 9.90 Å². The van der Waals surface area contributed by atoms with Gasteiger partial charge >= 0.3 is 0 Å². The summed E-state index contributed by atoms with van der Waals surface area (Å²) in [5, 5.41) is 12.2. The highest BCUT2D eigenvalue weighted by molar-refractivity contribution is 9.10. The lowest BCUT2D eigenvalue weighted by Crippen LogP contribution is -2.28. The largest absolute Gasteiger partial charge is 0.393 e. The van der Waals surface area contributed by atoms with Gasteiger partial charge in [0.2, 0.25) is 0 Å². The number of carbonyl (C=O) groups excluding carboxylic acids is 1. The number of aryl methyl sites for hydroxylation is 1. The topological polar surface area (TPSA) is 54.3 Å². The first-order valence-electron chi connectivity index (χ1n) is 5.90. The lowest BCUT2D eigenvalue weighted by atomic mass is 10.2. The van der Waals surface area contributed by atoms with Crippen LogP contribution in [0.15, 0.2) is 16.7 Å². The van der Waals surface area contributed by atoms with Gasteiger partial charge in [-0.05, 0) is 41.8 Å². The summed E-state index contributed by atoms with van der Waals surface area (Å²) >= 11 is 3.35. The molecule has 1 unspecified atom stereocenters. The summed E-state index contributed by atoms with van der Waals surface area (Å²) in [6, 6.07) is 1.80. The maximum atomic E-state index is 11.9. The van der Waals surface area contributed by atoms with Crippen LogP contribution in [0.1, 0.15) is 37.2 Å². The van der Waals surface area contributed by atoms with Crippen molar-refractivity contribution in [2.24, 2.45) is 0 Å². The maximum Gasteiger partial charge on any atom is 0.267 e. The van der Waals surface area contributed by atoms with Crippen LogP contribution in [0.3, 0.4) is 0 Å². The lowest BCUT2D eigenvalue weighted by molar-refractivity contribution is 0.0933. The van der Waals surface area contributed by atoms with Crippen LogP contribution in [-0.4, -0.2) is 28.2 Å². The second-order valence-electron chi connectivity index (χ2n) is 3.94. The van der Waals surface area contributed by atoms with E-state index >= 15 is 0 Å². The average molecular weight is 303 g/mol. The monoisotopic (exact) mass is 302 g/mol. The first-order chi connectivity index (χ1) is 8.08. The number of nitrogens with one attached hydrogen (secondary N) is 1. The predicted molar refractivity (Wildman–Crippen MR) is 71.1 cm³/mol. The van der Waals surface area contributed by atoms with E-state index in [1.807, 2.05) is 24.6 Å². The summed E-state index contributed by atoms with van der Waals surface area (Å²) < 4.78 is 2.79. The Hall–Kier alpha value is -0.810. The van der Waals surface area contributed by atoms with E-state index in [1.165, 1.54) is 0 Å². The molecule has 0 aliphatic rings. The number of nitrogens with zero attached hydrogens (tertiary/aromatic N) is 1. The number of halogens is 1. The minimum absolute atomic E-state index is 0.0964. The Labute approximate surface area is 110 Å². The van der Waals surface area contributed by atoms with Gasteiger partial charge in [0.25, 0.3) is 5.91 Å². The third-order valence-electron chi connectivity index (χ3n) is 2.67. The highest BCUT2D eigenvalue weighted by Gasteiger charge is 2.12. The van der Waals surface area contributed by atoms with Gasteiger partial charge in [-0.25, -0.2) is 0 Å². The minimum Gasteiger partial charge on any atom is -0.393 e. The fourth-order valence-electron chi connectivity index (χ4n) is 1.57. The fourth-order valence-corrected chi connectivity index (χ4v) is 2.04. The molecule has 17 heavy (non-hydrogen) atoms. The molecule has 1 aromatic heterocycles. The van der Waals surface area contributed by atoms with Crippen LogP contribution in [0.2, 0.25) is 0 Å². The van der Waals surface area contributed by atoms with Gasteiger partial charge in [-0.3, -0.25) is 4.79 Å². The van der Waals surface area contributed by atoms with Crippen molar-refractivity contribution < 1.29 is 9.90 Å². The molecule has 0 saturated heterocycles. The quantitative estimate of drug-likeness (QED) is 0.846. The summed E-state index contributed by atoms with van der Waals surface area (Å²) in [6.45, 7) is 5.17. The fraction of sp³-hybridized carbons (Fsp3) is 0.583. The number of aromatic nitrogens is 1. The molecule has 2 N–H and O–H groups in total. The van der Waals surface area contributed by atoms with Gasteiger partial charge in [0, 0.05) is 23.8 Å². The molecule has 0 aromatic carbocycles. The molecule has 5 heteroatoms. The number of aliphatic hydroxyl groups is 1. The van der Waals surface area contributed by atoms with Gasteiger partial charge in [0.15, 0.2) is 0 Å². The Kier molecular flexibility index (Phi) is 5.71. The Balaban J connectivity index is 2.52. The molecular weight excluding hydrogens is 284 g/mol. The van der Waals surface area contributed by atoms with Crippen LogP contribution >= 0.6 is 15.9 Å². The molecule has 1 amide bonds. The van der Waals surface area contributed by atoms with Crippen molar-refractivity contribution in [3.05, 3.63) is 22.4 Å². The number of hydrogen-bond donors (Lipinski definition) is 2. The number of hydrogen-bond acceptors (Lipinski definition) is 2. The van der Waals surface area contributed by atoms with Gasteiger partial charge in [0.1, 0.15) is 5.69 Å². The molecule has 4 nitrogen and oxygen atoms in total. The van der Waals surface area contributed by atoms with E-state index in [0.717, 1.165) is 11.0 Å². The third kappa shape index (κ3) is 4.16. The molecule has 1 aromatic rings. The summed E-state index contributed by atoms with van der Waals surface area (Å²) in [5.41, 5.74) is 0.644. The van der Waals surface area contributed by atoms with E-state index in [2.05, 4.69) is 21.2 Å². The van der Waals surface area contributed by atoms with Crippen LogP contribution in [0, 0.1) is 0 Å². The Morgan fingerprint density at radius 1 is 1.59 bits per heavy atom. The molecule has 0 fully saturated rings. The van der Waals surface area contributed by atoms with Crippen LogP contribution in [0.5, 0.6) is 0 Å². The van der Waals surface area contributed by atoms with Gasteiger partial charge < -0.3 is 15.0 Å². The van der Waals surface area contributed by atoms with Crippen LogP contribution in [0.4, 0.5) is 0 Å².